The summed E-state index contributed by atoms with van der Waals surface area (Å²) in [5.41, 5.74) is 7.29. The number of amides is 1. The van der Waals surface area contributed by atoms with Crippen molar-refractivity contribution in [3.05, 3.63) is 62.7 Å². The summed E-state index contributed by atoms with van der Waals surface area (Å²) in [6.45, 7) is 1.84. The monoisotopic (exact) mass is 305 g/mol. The molecule has 0 heterocycles. The van der Waals surface area contributed by atoms with E-state index >= 15 is 0 Å². The van der Waals surface area contributed by atoms with Gasteiger partial charge in [0.1, 0.15) is 5.02 Å². The summed E-state index contributed by atoms with van der Waals surface area (Å²) in [5.74, 6) is -0.437. The maximum Gasteiger partial charge on any atom is 0.289 e. The van der Waals surface area contributed by atoms with Crippen LogP contribution in [-0.4, -0.2) is 10.8 Å². The Morgan fingerprint density at radius 2 is 2.00 bits per heavy atom. The highest BCUT2D eigenvalue weighted by Gasteiger charge is 2.15. The van der Waals surface area contributed by atoms with Crippen molar-refractivity contribution in [2.45, 2.75) is 6.92 Å². The molecule has 0 aromatic heterocycles. The van der Waals surface area contributed by atoms with Gasteiger partial charge in [0.05, 0.1) is 10.5 Å². The van der Waals surface area contributed by atoms with Gasteiger partial charge < -0.3 is 11.1 Å². The van der Waals surface area contributed by atoms with Gasteiger partial charge in [-0.25, -0.2) is 0 Å². The number of nitro benzene ring substituents is 1. The Bertz CT molecular complexity index is 731. The Labute approximate surface area is 125 Å². The second-order valence-electron chi connectivity index (χ2n) is 4.47. The summed E-state index contributed by atoms with van der Waals surface area (Å²) >= 11 is 5.72. The number of nitro groups is 1. The topological polar surface area (TPSA) is 98.3 Å². The molecule has 0 fully saturated rings. The van der Waals surface area contributed by atoms with Gasteiger partial charge in [-0.3, -0.25) is 14.9 Å². The van der Waals surface area contributed by atoms with Gasteiger partial charge in [-0.15, -0.1) is 0 Å². The van der Waals surface area contributed by atoms with Crippen molar-refractivity contribution in [2.75, 3.05) is 11.1 Å². The fourth-order valence-corrected chi connectivity index (χ4v) is 1.98. The van der Waals surface area contributed by atoms with E-state index in [0.29, 0.717) is 11.3 Å². The highest BCUT2D eigenvalue weighted by atomic mass is 35.5. The van der Waals surface area contributed by atoms with Crippen LogP contribution >= 0.6 is 11.6 Å². The van der Waals surface area contributed by atoms with Crippen LogP contribution in [0.1, 0.15) is 15.9 Å². The summed E-state index contributed by atoms with van der Waals surface area (Å²) in [6.07, 6.45) is 0. The number of rotatable bonds is 3. The van der Waals surface area contributed by atoms with Gasteiger partial charge in [0.25, 0.3) is 11.6 Å². The Hall–Kier alpha value is -2.60. The first-order chi connectivity index (χ1) is 9.88. The molecule has 2 aromatic carbocycles. The largest absolute Gasteiger partial charge is 0.398 e. The van der Waals surface area contributed by atoms with Gasteiger partial charge in [0.2, 0.25) is 0 Å². The molecule has 2 aromatic rings. The van der Waals surface area contributed by atoms with E-state index in [9.17, 15) is 14.9 Å². The molecule has 0 saturated carbocycles. The third kappa shape index (κ3) is 3.29. The van der Waals surface area contributed by atoms with Crippen LogP contribution < -0.4 is 11.1 Å². The van der Waals surface area contributed by atoms with Crippen molar-refractivity contribution in [3.8, 4) is 0 Å². The molecule has 0 saturated heterocycles. The lowest BCUT2D eigenvalue weighted by Crippen LogP contribution is -2.14. The van der Waals surface area contributed by atoms with Crippen molar-refractivity contribution < 1.29 is 9.72 Å². The summed E-state index contributed by atoms with van der Waals surface area (Å²) in [7, 11) is 0. The van der Waals surface area contributed by atoms with Gasteiger partial charge in [0, 0.05) is 17.4 Å². The number of carbonyl (C=O) groups is 1. The number of hydrogen-bond acceptors (Lipinski definition) is 4. The Balaban J connectivity index is 2.29. The van der Waals surface area contributed by atoms with Crippen molar-refractivity contribution in [2.24, 2.45) is 0 Å². The zero-order chi connectivity index (χ0) is 15.6. The standard InChI is InChI=1S/C14H12ClN3O3/c1-8-2-5-12(16)10(6-8)14(19)17-9-3-4-11(15)13(7-9)18(20)21/h2-7H,16H2,1H3,(H,17,19). The van der Waals surface area contributed by atoms with Crippen LogP contribution in [0.3, 0.4) is 0 Å². The number of nitrogens with one attached hydrogen (secondary N) is 1. The molecule has 0 aliphatic carbocycles. The van der Waals surface area contributed by atoms with Gasteiger partial charge in [-0.05, 0) is 31.2 Å². The number of anilines is 2. The third-order valence-corrected chi connectivity index (χ3v) is 3.17. The molecular formula is C14H12ClN3O3. The minimum Gasteiger partial charge on any atom is -0.398 e. The molecule has 0 radical (unpaired) electrons. The molecule has 0 atom stereocenters. The maximum atomic E-state index is 12.2. The molecule has 3 N–H and O–H groups in total. The van der Waals surface area contributed by atoms with Crippen molar-refractivity contribution >= 4 is 34.6 Å². The zero-order valence-corrected chi connectivity index (χ0v) is 11.8. The van der Waals surface area contributed by atoms with Crippen LogP contribution in [0.15, 0.2) is 36.4 Å². The number of nitrogens with two attached hydrogens (primary N) is 1. The van der Waals surface area contributed by atoms with E-state index in [2.05, 4.69) is 5.32 Å². The first kappa shape index (κ1) is 14.8. The van der Waals surface area contributed by atoms with E-state index in [1.807, 2.05) is 6.92 Å². The predicted octanol–water partition coefficient (Wildman–Crippen LogP) is 3.39. The van der Waals surface area contributed by atoms with E-state index in [1.165, 1.54) is 18.2 Å². The average molecular weight is 306 g/mol. The first-order valence-electron chi connectivity index (χ1n) is 6.00. The van der Waals surface area contributed by atoms with Crippen molar-refractivity contribution in [1.82, 2.24) is 0 Å². The molecule has 0 bridgehead atoms. The number of carbonyl (C=O) groups excluding carboxylic acids is 1. The zero-order valence-electron chi connectivity index (χ0n) is 11.1. The summed E-state index contributed by atoms with van der Waals surface area (Å²) in [4.78, 5) is 22.4. The second-order valence-corrected chi connectivity index (χ2v) is 4.88. The highest BCUT2D eigenvalue weighted by Crippen LogP contribution is 2.27. The molecule has 21 heavy (non-hydrogen) atoms. The lowest BCUT2D eigenvalue weighted by molar-refractivity contribution is -0.384. The Kier molecular flexibility index (Phi) is 4.09. The van der Waals surface area contributed by atoms with E-state index in [0.717, 1.165) is 5.56 Å². The van der Waals surface area contributed by atoms with Crippen LogP contribution in [0.2, 0.25) is 5.02 Å². The number of nitrogens with zero attached hydrogens (tertiary/aromatic N) is 1. The quantitative estimate of drug-likeness (QED) is 0.516. The fraction of sp³-hybridized carbons (Fsp3) is 0.0714. The minimum atomic E-state index is -0.612. The van der Waals surface area contributed by atoms with Crippen LogP contribution in [0.5, 0.6) is 0 Å². The molecule has 108 valence electrons. The van der Waals surface area contributed by atoms with Crippen LogP contribution in [0, 0.1) is 17.0 Å². The van der Waals surface area contributed by atoms with Gasteiger partial charge in [0.15, 0.2) is 0 Å². The molecule has 6 nitrogen and oxygen atoms in total. The molecule has 0 spiro atoms. The van der Waals surface area contributed by atoms with Gasteiger partial charge in [-0.1, -0.05) is 23.2 Å². The SMILES string of the molecule is Cc1ccc(N)c(C(=O)Nc2ccc(Cl)c([N+](=O)[O-])c2)c1. The maximum absolute atomic E-state index is 12.2. The second kappa shape index (κ2) is 5.80. The first-order valence-corrected chi connectivity index (χ1v) is 6.37. The van der Waals surface area contributed by atoms with Crippen molar-refractivity contribution in [3.63, 3.8) is 0 Å². The van der Waals surface area contributed by atoms with E-state index < -0.39 is 10.8 Å². The lowest BCUT2D eigenvalue weighted by atomic mass is 10.1. The Morgan fingerprint density at radius 3 is 2.67 bits per heavy atom. The highest BCUT2D eigenvalue weighted by molar-refractivity contribution is 6.32. The summed E-state index contributed by atoms with van der Waals surface area (Å²) in [5, 5.41) is 13.4. The molecular weight excluding hydrogens is 294 g/mol. The number of hydrogen-bond donors (Lipinski definition) is 2. The molecule has 7 heteroatoms. The fourth-order valence-electron chi connectivity index (χ4n) is 1.80. The smallest absolute Gasteiger partial charge is 0.289 e. The minimum absolute atomic E-state index is 0.00747. The average Bonchev–Trinajstić information content (AvgIpc) is 2.43. The predicted molar refractivity (Wildman–Crippen MR) is 81.7 cm³/mol. The van der Waals surface area contributed by atoms with E-state index in [-0.39, 0.29) is 16.4 Å². The Morgan fingerprint density at radius 1 is 1.29 bits per heavy atom. The summed E-state index contributed by atoms with van der Waals surface area (Å²) in [6, 6.07) is 9.11. The van der Waals surface area contributed by atoms with Crippen LogP contribution in [0.4, 0.5) is 17.1 Å². The number of nitrogen functional groups attached to an aromatic ring is 1. The number of aryl methyl sites for hydroxylation is 1. The number of benzene rings is 2. The normalized spacial score (nSPS) is 10.2. The van der Waals surface area contributed by atoms with E-state index in [4.69, 9.17) is 17.3 Å². The number of halogens is 1. The third-order valence-electron chi connectivity index (χ3n) is 2.85. The molecule has 0 aliphatic heterocycles. The molecule has 2 rings (SSSR count). The van der Waals surface area contributed by atoms with E-state index in [1.54, 1.807) is 18.2 Å². The van der Waals surface area contributed by atoms with Gasteiger partial charge in [-0.2, -0.15) is 0 Å². The molecule has 0 unspecified atom stereocenters. The molecule has 1 amide bonds. The molecule has 0 aliphatic rings. The van der Waals surface area contributed by atoms with Crippen LogP contribution in [0.25, 0.3) is 0 Å². The summed E-state index contributed by atoms with van der Waals surface area (Å²) < 4.78 is 0. The lowest BCUT2D eigenvalue weighted by Gasteiger charge is -2.08. The van der Waals surface area contributed by atoms with Crippen molar-refractivity contribution in [1.29, 1.82) is 0 Å². The van der Waals surface area contributed by atoms with Crippen LogP contribution in [-0.2, 0) is 0 Å². The van der Waals surface area contributed by atoms with Gasteiger partial charge >= 0.3 is 0 Å².